The van der Waals surface area contributed by atoms with Crippen molar-refractivity contribution in [3.05, 3.63) is 29.8 Å². The molecule has 0 amide bonds. The highest BCUT2D eigenvalue weighted by Crippen LogP contribution is 2.41. The molecule has 1 fully saturated rings. The minimum absolute atomic E-state index is 0.303. The molecule has 0 spiro atoms. The Labute approximate surface area is 117 Å². The van der Waals surface area contributed by atoms with E-state index < -0.39 is 0 Å². The van der Waals surface area contributed by atoms with E-state index in [1.807, 2.05) is 6.07 Å². The molecule has 0 aromatic heterocycles. The molecule has 106 valence electrons. The molecule has 0 atom stereocenters. The molecule has 2 rings (SSSR count). The Morgan fingerprint density at radius 2 is 2.05 bits per heavy atom. The molecule has 2 heteroatoms. The molecule has 1 aliphatic carbocycles. The van der Waals surface area contributed by atoms with Gasteiger partial charge in [-0.05, 0) is 55.8 Å². The smallest absolute Gasteiger partial charge is 0.119 e. The number of benzene rings is 1. The first-order valence-electron chi connectivity index (χ1n) is 7.55. The van der Waals surface area contributed by atoms with Crippen LogP contribution in [0.2, 0.25) is 0 Å². The van der Waals surface area contributed by atoms with Crippen molar-refractivity contribution in [1.29, 1.82) is 0 Å². The summed E-state index contributed by atoms with van der Waals surface area (Å²) in [6, 6.07) is 8.67. The first kappa shape index (κ1) is 14.4. The molecule has 0 heterocycles. The third-order valence-electron chi connectivity index (χ3n) is 4.63. The molecule has 0 radical (unpaired) electrons. The van der Waals surface area contributed by atoms with Gasteiger partial charge in [0.2, 0.25) is 0 Å². The van der Waals surface area contributed by atoms with Crippen LogP contribution in [-0.4, -0.2) is 20.2 Å². The molecular formula is C17H27NO. The van der Waals surface area contributed by atoms with Crippen molar-refractivity contribution in [1.82, 2.24) is 5.32 Å². The molecule has 2 nitrogen and oxygen atoms in total. The summed E-state index contributed by atoms with van der Waals surface area (Å²) in [6.07, 6.45) is 5.24. The number of ether oxygens (including phenoxy) is 1. The molecule has 19 heavy (non-hydrogen) atoms. The van der Waals surface area contributed by atoms with E-state index in [0.29, 0.717) is 5.41 Å². The molecule has 0 bridgehead atoms. The lowest BCUT2D eigenvalue weighted by Crippen LogP contribution is -2.41. The molecule has 1 aliphatic rings. The van der Waals surface area contributed by atoms with E-state index in [-0.39, 0.29) is 0 Å². The van der Waals surface area contributed by atoms with E-state index in [0.717, 1.165) is 24.8 Å². The highest BCUT2D eigenvalue weighted by Gasteiger charge is 2.35. The number of hydrogen-bond donors (Lipinski definition) is 1. The Balaban J connectivity index is 2.25. The minimum Gasteiger partial charge on any atom is -0.497 e. The van der Waals surface area contributed by atoms with Gasteiger partial charge in [0.1, 0.15) is 5.75 Å². The molecule has 0 saturated heterocycles. The number of likely N-dealkylation sites (N-methyl/N-ethyl adjacent to an activating group) is 1. The number of hydrogen-bond acceptors (Lipinski definition) is 2. The first-order chi connectivity index (χ1) is 9.20. The maximum atomic E-state index is 5.40. The van der Waals surface area contributed by atoms with Crippen molar-refractivity contribution in [2.75, 3.05) is 20.2 Å². The standard InChI is InChI=1S/C17H27NO/c1-4-18-13-17(10-8-14(2)9-11-17)15-6-5-7-16(12-15)19-3/h5-7,12,14,18H,4,8-11,13H2,1-3H3. The van der Waals surface area contributed by atoms with Crippen LogP contribution in [0.3, 0.4) is 0 Å². The van der Waals surface area contributed by atoms with Gasteiger partial charge in [-0.15, -0.1) is 0 Å². The summed E-state index contributed by atoms with van der Waals surface area (Å²) in [5, 5.41) is 3.57. The van der Waals surface area contributed by atoms with Crippen LogP contribution in [0.25, 0.3) is 0 Å². The third-order valence-corrected chi connectivity index (χ3v) is 4.63. The quantitative estimate of drug-likeness (QED) is 0.871. The Kier molecular flexibility index (Phi) is 4.87. The van der Waals surface area contributed by atoms with Crippen LogP contribution < -0.4 is 10.1 Å². The lowest BCUT2D eigenvalue weighted by atomic mass is 9.67. The zero-order valence-corrected chi connectivity index (χ0v) is 12.5. The van der Waals surface area contributed by atoms with Crippen molar-refractivity contribution in [3.8, 4) is 5.75 Å². The second kappa shape index (κ2) is 6.42. The van der Waals surface area contributed by atoms with Crippen molar-refractivity contribution >= 4 is 0 Å². The molecule has 1 aromatic carbocycles. The largest absolute Gasteiger partial charge is 0.497 e. The summed E-state index contributed by atoms with van der Waals surface area (Å²) >= 11 is 0. The van der Waals surface area contributed by atoms with Gasteiger partial charge in [0.05, 0.1) is 7.11 Å². The summed E-state index contributed by atoms with van der Waals surface area (Å²) in [5.74, 6) is 1.85. The van der Waals surface area contributed by atoms with Crippen LogP contribution in [-0.2, 0) is 5.41 Å². The normalized spacial score (nSPS) is 27.2. The Morgan fingerprint density at radius 3 is 2.68 bits per heavy atom. The Bertz CT molecular complexity index is 388. The van der Waals surface area contributed by atoms with Gasteiger partial charge in [-0.3, -0.25) is 0 Å². The molecule has 0 unspecified atom stereocenters. The minimum atomic E-state index is 0.303. The highest BCUT2D eigenvalue weighted by atomic mass is 16.5. The molecule has 1 saturated carbocycles. The van der Waals surface area contributed by atoms with Gasteiger partial charge in [0.25, 0.3) is 0 Å². The molecule has 1 N–H and O–H groups in total. The molecular weight excluding hydrogens is 234 g/mol. The third kappa shape index (κ3) is 3.30. The van der Waals surface area contributed by atoms with Crippen molar-refractivity contribution < 1.29 is 4.74 Å². The van der Waals surface area contributed by atoms with Crippen molar-refractivity contribution in [2.45, 2.75) is 44.9 Å². The second-order valence-electron chi connectivity index (χ2n) is 5.98. The van der Waals surface area contributed by atoms with Crippen LogP contribution in [0.4, 0.5) is 0 Å². The Hall–Kier alpha value is -1.02. The van der Waals surface area contributed by atoms with Crippen molar-refractivity contribution in [3.63, 3.8) is 0 Å². The van der Waals surface area contributed by atoms with Gasteiger partial charge < -0.3 is 10.1 Å². The van der Waals surface area contributed by atoms with Gasteiger partial charge in [0.15, 0.2) is 0 Å². The summed E-state index contributed by atoms with van der Waals surface area (Å²) in [5.41, 5.74) is 1.75. The summed E-state index contributed by atoms with van der Waals surface area (Å²) in [6.45, 7) is 6.69. The summed E-state index contributed by atoms with van der Waals surface area (Å²) in [7, 11) is 1.75. The lowest BCUT2D eigenvalue weighted by Gasteiger charge is -2.40. The highest BCUT2D eigenvalue weighted by molar-refractivity contribution is 5.34. The van der Waals surface area contributed by atoms with Gasteiger partial charge in [-0.1, -0.05) is 26.0 Å². The van der Waals surface area contributed by atoms with E-state index in [9.17, 15) is 0 Å². The van der Waals surface area contributed by atoms with Crippen molar-refractivity contribution in [2.24, 2.45) is 5.92 Å². The van der Waals surface area contributed by atoms with Crippen LogP contribution >= 0.6 is 0 Å². The predicted octanol–water partition coefficient (Wildman–Crippen LogP) is 3.75. The SMILES string of the molecule is CCNCC1(c2cccc(OC)c2)CCC(C)CC1. The van der Waals surface area contributed by atoms with E-state index >= 15 is 0 Å². The van der Waals surface area contributed by atoms with E-state index in [1.165, 1.54) is 31.2 Å². The molecule has 0 aliphatic heterocycles. The van der Waals surface area contributed by atoms with E-state index in [2.05, 4.69) is 37.4 Å². The topological polar surface area (TPSA) is 21.3 Å². The van der Waals surface area contributed by atoms with Gasteiger partial charge in [-0.2, -0.15) is 0 Å². The van der Waals surface area contributed by atoms with Gasteiger partial charge in [0, 0.05) is 12.0 Å². The Morgan fingerprint density at radius 1 is 1.32 bits per heavy atom. The maximum absolute atomic E-state index is 5.40. The second-order valence-corrected chi connectivity index (χ2v) is 5.98. The fourth-order valence-electron chi connectivity index (χ4n) is 3.20. The maximum Gasteiger partial charge on any atom is 0.119 e. The number of methoxy groups -OCH3 is 1. The van der Waals surface area contributed by atoms with Crippen LogP contribution in [0.15, 0.2) is 24.3 Å². The van der Waals surface area contributed by atoms with E-state index in [1.54, 1.807) is 7.11 Å². The first-order valence-corrected chi connectivity index (χ1v) is 7.55. The predicted molar refractivity (Wildman–Crippen MR) is 80.8 cm³/mol. The van der Waals surface area contributed by atoms with Gasteiger partial charge >= 0.3 is 0 Å². The van der Waals surface area contributed by atoms with Gasteiger partial charge in [-0.25, -0.2) is 0 Å². The van der Waals surface area contributed by atoms with Crippen LogP contribution in [0.5, 0.6) is 5.75 Å². The monoisotopic (exact) mass is 261 g/mol. The fourth-order valence-corrected chi connectivity index (χ4v) is 3.20. The zero-order valence-electron chi connectivity index (χ0n) is 12.5. The molecule has 1 aromatic rings. The average Bonchev–Trinajstić information content (AvgIpc) is 2.47. The lowest BCUT2D eigenvalue weighted by molar-refractivity contribution is 0.234. The number of rotatable bonds is 5. The summed E-state index contributed by atoms with van der Waals surface area (Å²) < 4.78 is 5.40. The van der Waals surface area contributed by atoms with Crippen LogP contribution in [0, 0.1) is 5.92 Å². The number of nitrogens with one attached hydrogen (secondary N) is 1. The zero-order chi connectivity index (χ0) is 13.7. The summed E-state index contributed by atoms with van der Waals surface area (Å²) in [4.78, 5) is 0. The average molecular weight is 261 g/mol. The fraction of sp³-hybridized carbons (Fsp3) is 0.647. The van der Waals surface area contributed by atoms with E-state index in [4.69, 9.17) is 4.74 Å². The van der Waals surface area contributed by atoms with Crippen LogP contribution in [0.1, 0.15) is 45.1 Å².